The first kappa shape index (κ1) is 12.9. The molecular formula is C16H23NO2. The van der Waals surface area contributed by atoms with Gasteiger partial charge in [-0.1, -0.05) is 12.1 Å². The Kier molecular flexibility index (Phi) is 3.76. The van der Waals surface area contributed by atoms with E-state index < -0.39 is 0 Å². The number of rotatable bonds is 5. The molecule has 19 heavy (non-hydrogen) atoms. The molecule has 0 saturated carbocycles. The highest BCUT2D eigenvalue weighted by molar-refractivity contribution is 5.29. The van der Waals surface area contributed by atoms with Gasteiger partial charge in [0.1, 0.15) is 5.75 Å². The molecule has 2 bridgehead atoms. The van der Waals surface area contributed by atoms with Crippen molar-refractivity contribution in [1.82, 2.24) is 5.32 Å². The van der Waals surface area contributed by atoms with Gasteiger partial charge in [-0.05, 0) is 50.8 Å². The molecule has 1 N–H and O–H groups in total. The molecule has 0 spiro atoms. The van der Waals surface area contributed by atoms with E-state index in [0.29, 0.717) is 24.3 Å². The molecule has 3 rings (SSSR count). The summed E-state index contributed by atoms with van der Waals surface area (Å²) >= 11 is 0. The van der Waals surface area contributed by atoms with E-state index in [2.05, 4.69) is 24.4 Å². The van der Waals surface area contributed by atoms with Crippen molar-refractivity contribution in [3.8, 4) is 5.75 Å². The van der Waals surface area contributed by atoms with Crippen LogP contribution in [0.3, 0.4) is 0 Å². The maximum absolute atomic E-state index is 5.89. The van der Waals surface area contributed by atoms with Crippen LogP contribution in [-0.4, -0.2) is 24.9 Å². The summed E-state index contributed by atoms with van der Waals surface area (Å²) in [4.78, 5) is 0. The fraction of sp³-hybridized carbons (Fsp3) is 0.625. The zero-order valence-electron chi connectivity index (χ0n) is 11.8. The quantitative estimate of drug-likeness (QED) is 0.883. The molecule has 1 aromatic rings. The summed E-state index contributed by atoms with van der Waals surface area (Å²) in [5, 5.41) is 3.71. The SMILES string of the molecule is CCOc1ccc(C(C)NC2CC3CCC2O3)cc1. The van der Waals surface area contributed by atoms with Gasteiger partial charge in [0.2, 0.25) is 0 Å². The topological polar surface area (TPSA) is 30.5 Å². The predicted octanol–water partition coefficient (Wildman–Crippen LogP) is 3.06. The molecule has 4 unspecified atom stereocenters. The van der Waals surface area contributed by atoms with Crippen LogP contribution in [0.2, 0.25) is 0 Å². The summed E-state index contributed by atoms with van der Waals surface area (Å²) in [5.74, 6) is 0.946. The largest absolute Gasteiger partial charge is 0.494 e. The summed E-state index contributed by atoms with van der Waals surface area (Å²) < 4.78 is 11.4. The van der Waals surface area contributed by atoms with Gasteiger partial charge < -0.3 is 14.8 Å². The van der Waals surface area contributed by atoms with E-state index >= 15 is 0 Å². The lowest BCUT2D eigenvalue weighted by Crippen LogP contribution is -2.38. The third-order valence-corrected chi connectivity index (χ3v) is 4.26. The molecule has 2 heterocycles. The Morgan fingerprint density at radius 1 is 1.32 bits per heavy atom. The van der Waals surface area contributed by atoms with Gasteiger partial charge in [0.25, 0.3) is 0 Å². The van der Waals surface area contributed by atoms with Crippen molar-refractivity contribution in [1.29, 1.82) is 0 Å². The first-order chi connectivity index (χ1) is 9.26. The van der Waals surface area contributed by atoms with Crippen LogP contribution in [-0.2, 0) is 4.74 Å². The Morgan fingerprint density at radius 3 is 2.68 bits per heavy atom. The monoisotopic (exact) mass is 261 g/mol. The average Bonchev–Trinajstić information content (AvgIpc) is 3.02. The lowest BCUT2D eigenvalue weighted by Gasteiger charge is -2.25. The number of hydrogen-bond acceptors (Lipinski definition) is 3. The third-order valence-electron chi connectivity index (χ3n) is 4.26. The van der Waals surface area contributed by atoms with Gasteiger partial charge in [-0.15, -0.1) is 0 Å². The van der Waals surface area contributed by atoms with E-state index in [1.165, 1.54) is 24.8 Å². The van der Waals surface area contributed by atoms with Crippen LogP contribution in [0.4, 0.5) is 0 Å². The van der Waals surface area contributed by atoms with E-state index in [1.807, 2.05) is 19.1 Å². The van der Waals surface area contributed by atoms with Crippen LogP contribution < -0.4 is 10.1 Å². The number of fused-ring (bicyclic) bond motifs is 2. The van der Waals surface area contributed by atoms with Crippen molar-refractivity contribution in [3.63, 3.8) is 0 Å². The molecule has 0 aliphatic carbocycles. The van der Waals surface area contributed by atoms with Crippen LogP contribution in [0.1, 0.15) is 44.7 Å². The fourth-order valence-electron chi connectivity index (χ4n) is 3.25. The normalized spacial score (nSPS) is 30.5. The fourth-order valence-corrected chi connectivity index (χ4v) is 3.25. The molecule has 3 nitrogen and oxygen atoms in total. The Bertz CT molecular complexity index is 417. The highest BCUT2D eigenvalue weighted by Crippen LogP contribution is 2.35. The summed E-state index contributed by atoms with van der Waals surface area (Å²) in [5.41, 5.74) is 1.31. The molecular weight excluding hydrogens is 238 g/mol. The first-order valence-electron chi connectivity index (χ1n) is 7.40. The second kappa shape index (κ2) is 5.51. The molecule has 2 fully saturated rings. The molecule has 0 radical (unpaired) electrons. The minimum atomic E-state index is 0.364. The van der Waals surface area contributed by atoms with Gasteiger partial charge in [-0.2, -0.15) is 0 Å². The molecule has 2 saturated heterocycles. The second-order valence-corrected chi connectivity index (χ2v) is 5.61. The Balaban J connectivity index is 1.59. The number of ether oxygens (including phenoxy) is 2. The smallest absolute Gasteiger partial charge is 0.119 e. The van der Waals surface area contributed by atoms with Crippen LogP contribution in [0.15, 0.2) is 24.3 Å². The van der Waals surface area contributed by atoms with E-state index in [4.69, 9.17) is 9.47 Å². The summed E-state index contributed by atoms with van der Waals surface area (Å²) in [6.07, 6.45) is 4.59. The highest BCUT2D eigenvalue weighted by atomic mass is 16.5. The second-order valence-electron chi connectivity index (χ2n) is 5.61. The Labute approximate surface area is 115 Å². The Morgan fingerprint density at radius 2 is 2.11 bits per heavy atom. The van der Waals surface area contributed by atoms with E-state index in [9.17, 15) is 0 Å². The van der Waals surface area contributed by atoms with Crippen LogP contribution in [0, 0.1) is 0 Å². The zero-order chi connectivity index (χ0) is 13.2. The molecule has 2 aliphatic rings. The summed E-state index contributed by atoms with van der Waals surface area (Å²) in [7, 11) is 0. The molecule has 4 atom stereocenters. The van der Waals surface area contributed by atoms with Crippen molar-refractivity contribution in [2.75, 3.05) is 6.61 Å². The minimum absolute atomic E-state index is 0.364. The Hall–Kier alpha value is -1.06. The van der Waals surface area contributed by atoms with Crippen molar-refractivity contribution in [2.45, 2.75) is 57.4 Å². The van der Waals surface area contributed by atoms with E-state index in [0.717, 1.165) is 12.4 Å². The van der Waals surface area contributed by atoms with Gasteiger partial charge in [0, 0.05) is 12.1 Å². The lowest BCUT2D eigenvalue weighted by atomic mass is 9.94. The van der Waals surface area contributed by atoms with E-state index in [1.54, 1.807) is 0 Å². The molecule has 1 aromatic carbocycles. The average molecular weight is 261 g/mol. The lowest BCUT2D eigenvalue weighted by molar-refractivity contribution is 0.0962. The third kappa shape index (κ3) is 2.77. The first-order valence-corrected chi connectivity index (χ1v) is 7.40. The van der Waals surface area contributed by atoms with Gasteiger partial charge in [-0.25, -0.2) is 0 Å². The van der Waals surface area contributed by atoms with Crippen molar-refractivity contribution < 1.29 is 9.47 Å². The van der Waals surface area contributed by atoms with Crippen molar-refractivity contribution >= 4 is 0 Å². The van der Waals surface area contributed by atoms with Crippen LogP contribution >= 0.6 is 0 Å². The molecule has 2 aliphatic heterocycles. The number of hydrogen-bond donors (Lipinski definition) is 1. The molecule has 0 aromatic heterocycles. The summed E-state index contributed by atoms with van der Waals surface area (Å²) in [6.45, 7) is 4.95. The van der Waals surface area contributed by atoms with Gasteiger partial charge in [0.05, 0.1) is 18.8 Å². The maximum Gasteiger partial charge on any atom is 0.119 e. The van der Waals surface area contributed by atoms with E-state index in [-0.39, 0.29) is 0 Å². The highest BCUT2D eigenvalue weighted by Gasteiger charge is 2.40. The predicted molar refractivity (Wildman–Crippen MR) is 75.5 cm³/mol. The molecule has 0 amide bonds. The van der Waals surface area contributed by atoms with Crippen molar-refractivity contribution in [2.24, 2.45) is 0 Å². The van der Waals surface area contributed by atoms with Gasteiger partial charge in [0.15, 0.2) is 0 Å². The molecule has 104 valence electrons. The number of nitrogens with one attached hydrogen (secondary N) is 1. The zero-order valence-corrected chi connectivity index (χ0v) is 11.8. The minimum Gasteiger partial charge on any atom is -0.494 e. The van der Waals surface area contributed by atoms with Gasteiger partial charge >= 0.3 is 0 Å². The van der Waals surface area contributed by atoms with Gasteiger partial charge in [-0.3, -0.25) is 0 Å². The van der Waals surface area contributed by atoms with Crippen LogP contribution in [0.25, 0.3) is 0 Å². The number of benzene rings is 1. The van der Waals surface area contributed by atoms with Crippen molar-refractivity contribution in [3.05, 3.63) is 29.8 Å². The summed E-state index contributed by atoms with van der Waals surface area (Å²) in [6, 6.07) is 9.29. The van der Waals surface area contributed by atoms with Crippen LogP contribution in [0.5, 0.6) is 5.75 Å². The molecule has 3 heteroatoms. The standard InChI is InChI=1S/C16H23NO2/c1-3-18-13-6-4-12(5-7-13)11(2)17-15-10-14-8-9-16(15)19-14/h4-7,11,14-17H,3,8-10H2,1-2H3. The maximum atomic E-state index is 5.89.